The van der Waals surface area contributed by atoms with E-state index in [0.717, 1.165) is 45.2 Å². The Morgan fingerprint density at radius 2 is 1.81 bits per heavy atom. The van der Waals surface area contributed by atoms with Crippen LogP contribution in [0.1, 0.15) is 34.8 Å². The molecule has 1 heterocycles. The summed E-state index contributed by atoms with van der Waals surface area (Å²) >= 11 is 6.18. The van der Waals surface area contributed by atoms with Crippen LogP contribution in [0.4, 0.5) is 0 Å². The highest BCUT2D eigenvalue weighted by atomic mass is 35.5. The van der Waals surface area contributed by atoms with Crippen LogP contribution >= 0.6 is 11.6 Å². The van der Waals surface area contributed by atoms with Gasteiger partial charge in [0.15, 0.2) is 0 Å². The van der Waals surface area contributed by atoms with Crippen LogP contribution in [0.25, 0.3) is 21.8 Å². The fourth-order valence-corrected chi connectivity index (χ4v) is 4.04. The first-order chi connectivity index (χ1) is 13.1. The SMILES string of the molecule is CCCc1ccc2c3c(C(N)=O)cccc3n(Cc3cccc(Cl)c3)c2c1. The van der Waals surface area contributed by atoms with Gasteiger partial charge in [0, 0.05) is 33.4 Å². The van der Waals surface area contributed by atoms with Gasteiger partial charge in [0.1, 0.15) is 0 Å². The van der Waals surface area contributed by atoms with Crippen LogP contribution in [-0.2, 0) is 13.0 Å². The van der Waals surface area contributed by atoms with E-state index in [-0.39, 0.29) is 0 Å². The second-order valence-corrected chi connectivity index (χ2v) is 7.32. The molecule has 27 heavy (non-hydrogen) atoms. The maximum absolute atomic E-state index is 12.0. The van der Waals surface area contributed by atoms with Crippen LogP contribution < -0.4 is 5.73 Å². The van der Waals surface area contributed by atoms with Crippen LogP contribution in [0.15, 0.2) is 60.7 Å². The molecule has 0 atom stereocenters. The zero-order chi connectivity index (χ0) is 19.0. The first kappa shape index (κ1) is 17.6. The van der Waals surface area contributed by atoms with E-state index < -0.39 is 5.91 Å². The van der Waals surface area contributed by atoms with E-state index in [4.69, 9.17) is 17.3 Å². The lowest BCUT2D eigenvalue weighted by Crippen LogP contribution is -2.11. The Labute approximate surface area is 163 Å². The lowest BCUT2D eigenvalue weighted by Gasteiger charge is -2.09. The van der Waals surface area contributed by atoms with E-state index in [1.54, 1.807) is 6.07 Å². The van der Waals surface area contributed by atoms with Gasteiger partial charge in [-0.2, -0.15) is 0 Å². The van der Waals surface area contributed by atoms with Crippen LogP contribution in [0.3, 0.4) is 0 Å². The third-order valence-electron chi connectivity index (χ3n) is 4.99. The molecule has 1 aromatic heterocycles. The number of rotatable bonds is 5. The van der Waals surface area contributed by atoms with Gasteiger partial charge in [-0.3, -0.25) is 4.79 Å². The highest BCUT2D eigenvalue weighted by Crippen LogP contribution is 2.33. The number of halogens is 1. The molecular weight excluding hydrogens is 356 g/mol. The largest absolute Gasteiger partial charge is 0.366 e. The molecule has 0 saturated carbocycles. The van der Waals surface area contributed by atoms with Crippen LogP contribution in [0.2, 0.25) is 5.02 Å². The number of hydrogen-bond acceptors (Lipinski definition) is 1. The van der Waals surface area contributed by atoms with Gasteiger partial charge >= 0.3 is 0 Å². The number of hydrogen-bond donors (Lipinski definition) is 1. The first-order valence-corrected chi connectivity index (χ1v) is 9.54. The summed E-state index contributed by atoms with van der Waals surface area (Å²) in [7, 11) is 0. The predicted molar refractivity (Wildman–Crippen MR) is 113 cm³/mol. The minimum absolute atomic E-state index is 0.403. The van der Waals surface area contributed by atoms with Gasteiger partial charge in [-0.1, -0.05) is 55.3 Å². The fourth-order valence-electron chi connectivity index (χ4n) is 3.83. The van der Waals surface area contributed by atoms with E-state index in [1.165, 1.54) is 5.56 Å². The molecule has 136 valence electrons. The molecule has 0 aliphatic heterocycles. The number of carbonyl (C=O) groups is 1. The molecule has 0 bridgehead atoms. The molecular formula is C23H21ClN2O. The summed E-state index contributed by atoms with van der Waals surface area (Å²) in [6.45, 7) is 2.86. The quantitative estimate of drug-likeness (QED) is 0.488. The molecule has 0 spiro atoms. The van der Waals surface area contributed by atoms with Gasteiger partial charge in [-0.25, -0.2) is 0 Å². The summed E-state index contributed by atoms with van der Waals surface area (Å²) in [5, 5.41) is 2.70. The van der Waals surface area contributed by atoms with E-state index in [1.807, 2.05) is 30.3 Å². The number of carbonyl (C=O) groups excluding carboxylic acids is 1. The van der Waals surface area contributed by atoms with Crippen molar-refractivity contribution in [3.63, 3.8) is 0 Å². The summed E-state index contributed by atoms with van der Waals surface area (Å²) in [5.41, 5.74) is 10.8. The van der Waals surface area contributed by atoms with Gasteiger partial charge in [0.05, 0.1) is 5.52 Å². The van der Waals surface area contributed by atoms with Crippen molar-refractivity contribution in [1.29, 1.82) is 0 Å². The summed E-state index contributed by atoms with van der Waals surface area (Å²) in [6, 6.07) is 20.1. The van der Waals surface area contributed by atoms with Crippen molar-refractivity contribution in [2.75, 3.05) is 0 Å². The van der Waals surface area contributed by atoms with Crippen LogP contribution in [0, 0.1) is 0 Å². The average Bonchev–Trinajstić information content (AvgIpc) is 2.95. The smallest absolute Gasteiger partial charge is 0.249 e. The zero-order valence-electron chi connectivity index (χ0n) is 15.2. The Bertz CT molecular complexity index is 1160. The van der Waals surface area contributed by atoms with Crippen molar-refractivity contribution in [3.05, 3.63) is 82.4 Å². The van der Waals surface area contributed by atoms with Crippen molar-refractivity contribution in [2.45, 2.75) is 26.3 Å². The Hall–Kier alpha value is -2.78. The molecule has 4 rings (SSSR count). The number of fused-ring (bicyclic) bond motifs is 3. The molecule has 0 aliphatic rings. The number of nitrogens with zero attached hydrogens (tertiary/aromatic N) is 1. The minimum atomic E-state index is -0.403. The second kappa shape index (κ2) is 7.09. The van der Waals surface area contributed by atoms with Crippen molar-refractivity contribution >= 4 is 39.3 Å². The van der Waals surface area contributed by atoms with Crippen molar-refractivity contribution in [1.82, 2.24) is 4.57 Å². The summed E-state index contributed by atoms with van der Waals surface area (Å²) in [5.74, 6) is -0.403. The maximum Gasteiger partial charge on any atom is 0.249 e. The molecule has 4 aromatic rings. The van der Waals surface area contributed by atoms with Crippen LogP contribution in [-0.4, -0.2) is 10.5 Å². The molecule has 4 heteroatoms. The monoisotopic (exact) mass is 376 g/mol. The average molecular weight is 377 g/mol. The Balaban J connectivity index is 2.02. The van der Waals surface area contributed by atoms with Crippen molar-refractivity contribution in [2.24, 2.45) is 5.73 Å². The molecule has 0 saturated heterocycles. The highest BCUT2D eigenvalue weighted by Gasteiger charge is 2.17. The Morgan fingerprint density at radius 3 is 2.56 bits per heavy atom. The third kappa shape index (κ3) is 3.19. The lowest BCUT2D eigenvalue weighted by molar-refractivity contribution is 0.100. The minimum Gasteiger partial charge on any atom is -0.366 e. The summed E-state index contributed by atoms with van der Waals surface area (Å²) in [6.07, 6.45) is 2.11. The van der Waals surface area contributed by atoms with Crippen molar-refractivity contribution < 1.29 is 4.79 Å². The molecule has 3 nitrogen and oxygen atoms in total. The van der Waals surface area contributed by atoms with E-state index in [0.29, 0.717) is 12.1 Å². The van der Waals surface area contributed by atoms with Gasteiger partial charge < -0.3 is 10.3 Å². The second-order valence-electron chi connectivity index (χ2n) is 6.88. The molecule has 3 aromatic carbocycles. The number of benzene rings is 3. The number of primary amides is 1. The van der Waals surface area contributed by atoms with Gasteiger partial charge in [-0.15, -0.1) is 0 Å². The van der Waals surface area contributed by atoms with E-state index in [2.05, 4.69) is 35.8 Å². The maximum atomic E-state index is 12.0. The zero-order valence-corrected chi connectivity index (χ0v) is 16.0. The normalized spacial score (nSPS) is 11.3. The van der Waals surface area contributed by atoms with Crippen LogP contribution in [0.5, 0.6) is 0 Å². The molecule has 0 fully saturated rings. The summed E-state index contributed by atoms with van der Waals surface area (Å²) < 4.78 is 2.25. The number of aromatic nitrogens is 1. The first-order valence-electron chi connectivity index (χ1n) is 9.16. The van der Waals surface area contributed by atoms with Gasteiger partial charge in [0.25, 0.3) is 0 Å². The highest BCUT2D eigenvalue weighted by molar-refractivity contribution is 6.30. The topological polar surface area (TPSA) is 48.0 Å². The van der Waals surface area contributed by atoms with E-state index in [9.17, 15) is 4.79 Å². The van der Waals surface area contributed by atoms with Gasteiger partial charge in [0.2, 0.25) is 5.91 Å². The summed E-state index contributed by atoms with van der Waals surface area (Å²) in [4.78, 5) is 12.0. The van der Waals surface area contributed by atoms with Gasteiger partial charge in [-0.05, 0) is 47.9 Å². The standard InChI is InChI=1S/C23H21ClN2O/c1-2-5-15-10-11-18-21(13-15)26(14-16-6-3-7-17(24)12-16)20-9-4-8-19(22(18)20)23(25)27/h3-4,6-13H,2,5,14H2,1H3,(H2,25,27). The molecule has 0 aliphatic carbocycles. The Kier molecular flexibility index (Phi) is 4.63. The fraction of sp³-hybridized carbons (Fsp3) is 0.174. The van der Waals surface area contributed by atoms with Crippen molar-refractivity contribution in [3.8, 4) is 0 Å². The predicted octanol–water partition coefficient (Wildman–Crippen LogP) is 5.55. The molecule has 1 amide bonds. The number of amides is 1. The number of nitrogens with two attached hydrogens (primary N) is 1. The lowest BCUT2D eigenvalue weighted by atomic mass is 10.0. The molecule has 0 radical (unpaired) electrons. The molecule has 2 N–H and O–H groups in total. The third-order valence-corrected chi connectivity index (χ3v) is 5.22. The Morgan fingerprint density at radius 1 is 1.00 bits per heavy atom. The molecule has 0 unspecified atom stereocenters. The van der Waals surface area contributed by atoms with E-state index >= 15 is 0 Å². The number of aryl methyl sites for hydroxylation is 1.